The van der Waals surface area contributed by atoms with Crippen molar-refractivity contribution in [2.24, 2.45) is 5.73 Å². The van der Waals surface area contributed by atoms with Crippen LogP contribution in [0.15, 0.2) is 115 Å². The molecule has 53 heavy (non-hydrogen) atoms. The Morgan fingerprint density at radius 2 is 1.40 bits per heavy atom. The minimum atomic E-state index is -5.02. The number of alkyl halides is 6. The van der Waals surface area contributed by atoms with Gasteiger partial charge in [-0.05, 0) is 72.9 Å². The number of hydrogen-bond acceptors (Lipinski definition) is 6. The van der Waals surface area contributed by atoms with Crippen molar-refractivity contribution in [3.05, 3.63) is 148 Å². The maximum Gasteiger partial charge on any atom is 0.416 e. The molecule has 0 saturated heterocycles. The Hall–Kier alpha value is -5.14. The predicted octanol–water partition coefficient (Wildman–Crippen LogP) is 9.41. The average molecular weight is 743 g/mol. The molecule has 2 N–H and O–H groups in total. The summed E-state index contributed by atoms with van der Waals surface area (Å²) in [5.41, 5.74) is 3.64. The minimum absolute atomic E-state index is 0.0569. The van der Waals surface area contributed by atoms with Gasteiger partial charge in [0.1, 0.15) is 12.4 Å². The van der Waals surface area contributed by atoms with Crippen LogP contribution < -0.4 is 10.5 Å². The van der Waals surface area contributed by atoms with Gasteiger partial charge in [-0.15, -0.1) is 0 Å². The number of halogens is 6. The number of hydrogen-bond donors (Lipinski definition) is 1. The lowest BCUT2D eigenvalue weighted by atomic mass is 9.81. The Bertz CT molecular complexity index is 1790. The Balaban J connectivity index is 0.000000541. The third kappa shape index (κ3) is 10.7. The molecule has 0 bridgehead atoms. The van der Waals surface area contributed by atoms with Crippen LogP contribution in [-0.4, -0.2) is 37.0 Å². The van der Waals surface area contributed by atoms with Gasteiger partial charge in [0.05, 0.1) is 43.0 Å². The molecule has 282 valence electrons. The van der Waals surface area contributed by atoms with Crippen LogP contribution in [0.2, 0.25) is 0 Å². The first kappa shape index (κ1) is 40.6. The number of ether oxygens (including phenoxy) is 3. The predicted molar refractivity (Wildman–Crippen MR) is 187 cm³/mol. The van der Waals surface area contributed by atoms with Crippen LogP contribution in [0.1, 0.15) is 59.8 Å². The van der Waals surface area contributed by atoms with Gasteiger partial charge in [-0.25, -0.2) is 4.79 Å². The molecular formula is C40H40F6N2O5. The smallest absolute Gasteiger partial charge is 0.416 e. The molecule has 0 saturated carbocycles. The number of carbonyl (C=O) groups excluding carboxylic acids is 2. The maximum atomic E-state index is 13.6. The Morgan fingerprint density at radius 3 is 1.91 bits per heavy atom. The molecule has 0 spiro atoms. The molecule has 0 aliphatic carbocycles. The molecule has 0 aromatic heterocycles. The lowest BCUT2D eigenvalue weighted by Crippen LogP contribution is -2.55. The monoisotopic (exact) mass is 742 g/mol. The van der Waals surface area contributed by atoms with Crippen LogP contribution >= 0.6 is 0 Å². The molecule has 0 fully saturated rings. The van der Waals surface area contributed by atoms with E-state index in [4.69, 9.17) is 19.9 Å². The molecule has 5 rings (SSSR count). The lowest BCUT2D eigenvalue weighted by molar-refractivity contribution is -0.143. The lowest BCUT2D eigenvalue weighted by Gasteiger charge is -2.46. The van der Waals surface area contributed by atoms with Gasteiger partial charge >= 0.3 is 18.4 Å². The zero-order valence-corrected chi connectivity index (χ0v) is 29.3. The molecule has 7 nitrogen and oxygen atoms in total. The summed E-state index contributed by atoms with van der Waals surface area (Å²) in [6.07, 6.45) is -10.3. The molecule has 1 aliphatic rings. The first-order valence-corrected chi connectivity index (χ1v) is 16.5. The summed E-state index contributed by atoms with van der Waals surface area (Å²) in [6.45, 7) is 2.76. The van der Waals surface area contributed by atoms with E-state index in [2.05, 4.69) is 0 Å². The molecule has 2 atom stereocenters. The summed E-state index contributed by atoms with van der Waals surface area (Å²) in [5.74, 6) is 0.609. The van der Waals surface area contributed by atoms with E-state index >= 15 is 0 Å². The van der Waals surface area contributed by atoms with Crippen molar-refractivity contribution in [2.45, 2.75) is 57.4 Å². The largest absolute Gasteiger partial charge is 0.497 e. The molecular weight excluding hydrogens is 702 g/mol. The summed E-state index contributed by atoms with van der Waals surface area (Å²) < 4.78 is 97.6. The third-order valence-corrected chi connectivity index (χ3v) is 8.77. The van der Waals surface area contributed by atoms with Crippen molar-refractivity contribution >= 4 is 11.9 Å². The minimum Gasteiger partial charge on any atom is -0.497 e. The number of rotatable bonds is 10. The zero-order chi connectivity index (χ0) is 38.8. The summed E-state index contributed by atoms with van der Waals surface area (Å²) in [5, 5.41) is 0. The molecule has 1 aliphatic heterocycles. The zero-order valence-electron chi connectivity index (χ0n) is 29.3. The summed E-state index contributed by atoms with van der Waals surface area (Å²) >= 11 is 0. The van der Waals surface area contributed by atoms with Crippen LogP contribution in [-0.2, 0) is 45.3 Å². The number of Topliss-reactive ketones (excluding diaryl/α,β-unsaturated/α-hetero) is 1. The van der Waals surface area contributed by atoms with E-state index in [1.165, 1.54) is 18.7 Å². The topological polar surface area (TPSA) is 91.1 Å². The van der Waals surface area contributed by atoms with Crippen LogP contribution in [0.3, 0.4) is 0 Å². The fourth-order valence-corrected chi connectivity index (χ4v) is 5.66. The van der Waals surface area contributed by atoms with Crippen molar-refractivity contribution in [3.63, 3.8) is 0 Å². The maximum absolute atomic E-state index is 13.6. The third-order valence-electron chi connectivity index (χ3n) is 8.77. The van der Waals surface area contributed by atoms with Gasteiger partial charge in [-0.3, -0.25) is 9.69 Å². The Labute approximate surface area is 304 Å². The van der Waals surface area contributed by atoms with Crippen molar-refractivity contribution in [1.82, 2.24) is 4.90 Å². The number of carbonyl (C=O) groups is 2. The fourth-order valence-electron chi connectivity index (χ4n) is 5.66. The van der Waals surface area contributed by atoms with Crippen LogP contribution in [0, 0.1) is 0 Å². The van der Waals surface area contributed by atoms with Crippen LogP contribution in [0.25, 0.3) is 0 Å². The first-order chi connectivity index (χ1) is 25.1. The SMILES string of the molecule is CC(=O)C1=CC[C@@](CO[C@H](C)c2cc(C(F)(F)F)cc(C(F)(F)F)c2)(c2ccccc2)N(C(=O)OCc2ccccc2)C1.COc1ccc(CN)cc1. The van der Waals surface area contributed by atoms with E-state index in [9.17, 15) is 35.9 Å². The van der Waals surface area contributed by atoms with Gasteiger partial charge in [0.25, 0.3) is 0 Å². The summed E-state index contributed by atoms with van der Waals surface area (Å²) in [6, 6.07) is 26.6. The second-order valence-corrected chi connectivity index (χ2v) is 12.4. The Kier molecular flexibility index (Phi) is 13.5. The highest BCUT2D eigenvalue weighted by molar-refractivity contribution is 5.94. The van der Waals surface area contributed by atoms with Gasteiger partial charge in [0.15, 0.2) is 5.78 Å². The fraction of sp³-hybridized carbons (Fsp3) is 0.300. The Morgan fingerprint density at radius 1 is 0.830 bits per heavy atom. The van der Waals surface area contributed by atoms with Crippen molar-refractivity contribution < 1.29 is 50.1 Å². The second-order valence-electron chi connectivity index (χ2n) is 12.4. The summed E-state index contributed by atoms with van der Waals surface area (Å²) in [7, 11) is 1.65. The van der Waals surface area contributed by atoms with E-state index in [1.807, 2.05) is 24.3 Å². The standard InChI is InChI=1S/C32H29F6NO4.C8H11NO/c1-21(40)24-13-14-30(26-11-7-4-8-12-26,39(18-24)29(41)42-19-23-9-5-3-6-10-23)20-43-22(2)25-15-27(31(33,34)35)17-28(16-25)32(36,37)38;1-10-8-4-2-7(6-9)3-5-8/h3-13,15-17,22H,14,18-20H2,1-2H3;2-5H,6,9H2,1H3/t22-,30-;/m1./s1. The first-order valence-electron chi connectivity index (χ1n) is 16.5. The van der Waals surface area contributed by atoms with Crippen LogP contribution in [0.5, 0.6) is 5.75 Å². The van der Waals surface area contributed by atoms with Crippen LogP contribution in [0.4, 0.5) is 31.1 Å². The van der Waals surface area contributed by atoms with Gasteiger partial charge in [0.2, 0.25) is 0 Å². The average Bonchev–Trinajstić information content (AvgIpc) is 3.16. The van der Waals surface area contributed by atoms with E-state index in [1.54, 1.807) is 73.8 Å². The summed E-state index contributed by atoms with van der Waals surface area (Å²) in [4.78, 5) is 27.3. The molecule has 4 aromatic carbocycles. The second kappa shape index (κ2) is 17.6. The number of amides is 1. The molecule has 1 amide bonds. The van der Waals surface area contributed by atoms with Gasteiger partial charge < -0.3 is 19.9 Å². The number of nitrogens with two attached hydrogens (primary N) is 1. The highest BCUT2D eigenvalue weighted by atomic mass is 19.4. The van der Waals surface area contributed by atoms with E-state index in [-0.39, 0.29) is 43.6 Å². The van der Waals surface area contributed by atoms with E-state index < -0.39 is 41.2 Å². The van der Waals surface area contributed by atoms with Crippen molar-refractivity contribution in [2.75, 3.05) is 20.3 Å². The van der Waals surface area contributed by atoms with Crippen molar-refractivity contribution in [3.8, 4) is 5.75 Å². The van der Waals surface area contributed by atoms with Gasteiger partial charge in [-0.2, -0.15) is 26.3 Å². The van der Waals surface area contributed by atoms with Gasteiger partial charge in [0, 0.05) is 12.1 Å². The normalized spacial score (nSPS) is 16.5. The number of ketones is 1. The highest BCUT2D eigenvalue weighted by Crippen LogP contribution is 2.41. The number of nitrogens with zero attached hydrogens (tertiary/aromatic N) is 1. The van der Waals surface area contributed by atoms with Gasteiger partial charge in [-0.1, -0.05) is 78.9 Å². The number of methoxy groups -OCH3 is 1. The van der Waals surface area contributed by atoms with E-state index in [0.717, 1.165) is 16.9 Å². The van der Waals surface area contributed by atoms with E-state index in [0.29, 0.717) is 29.8 Å². The molecule has 1 heterocycles. The molecule has 4 aromatic rings. The molecule has 0 radical (unpaired) electrons. The highest BCUT2D eigenvalue weighted by Gasteiger charge is 2.46. The van der Waals surface area contributed by atoms with Crippen molar-refractivity contribution in [1.29, 1.82) is 0 Å². The number of benzene rings is 4. The molecule has 0 unspecified atom stereocenters. The molecule has 13 heteroatoms. The quantitative estimate of drug-likeness (QED) is 0.163.